The molecule has 5 heteroatoms. The second-order valence-electron chi connectivity index (χ2n) is 5.05. The first-order valence-electron chi connectivity index (χ1n) is 6.87. The van der Waals surface area contributed by atoms with Gasteiger partial charge in [-0.05, 0) is 19.3 Å². The Labute approximate surface area is 113 Å². The molecular formula is C14H20N4O. The Morgan fingerprint density at radius 1 is 1.58 bits per heavy atom. The Kier molecular flexibility index (Phi) is 4.20. The van der Waals surface area contributed by atoms with E-state index in [-0.39, 0.29) is 18.5 Å². The molecular weight excluding hydrogens is 240 g/mol. The first-order valence-corrected chi connectivity index (χ1v) is 6.87. The molecule has 0 atom stereocenters. The van der Waals surface area contributed by atoms with Crippen LogP contribution in [0.3, 0.4) is 0 Å². The zero-order chi connectivity index (χ0) is 13.8. The molecule has 102 valence electrons. The third kappa shape index (κ3) is 2.78. The van der Waals surface area contributed by atoms with E-state index in [1.807, 2.05) is 14.0 Å². The predicted molar refractivity (Wildman–Crippen MR) is 71.5 cm³/mol. The second-order valence-corrected chi connectivity index (χ2v) is 5.05. The molecule has 0 unspecified atom stereocenters. The van der Waals surface area contributed by atoms with Crippen molar-refractivity contribution in [3.63, 3.8) is 0 Å². The highest BCUT2D eigenvalue weighted by Crippen LogP contribution is 2.25. The highest BCUT2D eigenvalue weighted by atomic mass is 16.2. The van der Waals surface area contributed by atoms with Crippen molar-refractivity contribution < 1.29 is 4.79 Å². The van der Waals surface area contributed by atoms with E-state index in [2.05, 4.69) is 11.2 Å². The van der Waals surface area contributed by atoms with E-state index in [9.17, 15) is 4.79 Å². The van der Waals surface area contributed by atoms with Crippen molar-refractivity contribution in [3.8, 4) is 6.07 Å². The van der Waals surface area contributed by atoms with Crippen LogP contribution in [0.25, 0.3) is 0 Å². The summed E-state index contributed by atoms with van der Waals surface area (Å²) in [7, 11) is 1.82. The van der Waals surface area contributed by atoms with Gasteiger partial charge < -0.3 is 4.90 Å². The molecule has 0 radical (unpaired) electrons. The molecule has 1 saturated carbocycles. The van der Waals surface area contributed by atoms with Crippen LogP contribution in [0, 0.1) is 11.3 Å². The van der Waals surface area contributed by atoms with Crippen LogP contribution >= 0.6 is 0 Å². The Morgan fingerprint density at radius 2 is 2.26 bits per heavy atom. The van der Waals surface area contributed by atoms with E-state index in [1.165, 1.54) is 0 Å². The monoisotopic (exact) mass is 260 g/mol. The molecule has 1 aliphatic carbocycles. The number of hydrogen-bond acceptors (Lipinski definition) is 3. The lowest BCUT2D eigenvalue weighted by Crippen LogP contribution is -2.39. The summed E-state index contributed by atoms with van der Waals surface area (Å²) in [6.45, 7) is 2.16. The summed E-state index contributed by atoms with van der Waals surface area (Å²) >= 11 is 0. The molecule has 1 aromatic rings. The standard InChI is InChI=1S/C14H20N4O/c1-3-13-12(10-17(2)16-13)14(19)18(9-8-15)11-6-4-5-7-11/h10-11H,3-7,9H2,1-2H3. The van der Waals surface area contributed by atoms with Crippen LogP contribution in [0.15, 0.2) is 6.20 Å². The zero-order valence-electron chi connectivity index (χ0n) is 11.6. The number of carbonyl (C=O) groups is 1. The van der Waals surface area contributed by atoms with Gasteiger partial charge in [0.15, 0.2) is 0 Å². The highest BCUT2D eigenvalue weighted by molar-refractivity contribution is 5.95. The molecule has 0 saturated heterocycles. The highest BCUT2D eigenvalue weighted by Gasteiger charge is 2.29. The van der Waals surface area contributed by atoms with E-state index in [4.69, 9.17) is 5.26 Å². The number of rotatable bonds is 4. The molecule has 1 aromatic heterocycles. The molecule has 0 bridgehead atoms. The van der Waals surface area contributed by atoms with Gasteiger partial charge in [0.2, 0.25) is 0 Å². The van der Waals surface area contributed by atoms with E-state index in [0.717, 1.165) is 37.8 Å². The Morgan fingerprint density at radius 3 is 2.84 bits per heavy atom. The van der Waals surface area contributed by atoms with Crippen molar-refractivity contribution in [2.75, 3.05) is 6.54 Å². The molecule has 0 spiro atoms. The normalized spacial score (nSPS) is 15.4. The maximum absolute atomic E-state index is 12.6. The lowest BCUT2D eigenvalue weighted by atomic mass is 10.1. The minimum absolute atomic E-state index is 0.0431. The number of hydrogen-bond donors (Lipinski definition) is 0. The minimum Gasteiger partial charge on any atom is -0.322 e. The molecule has 0 N–H and O–H groups in total. The lowest BCUT2D eigenvalue weighted by Gasteiger charge is -2.26. The summed E-state index contributed by atoms with van der Waals surface area (Å²) in [5.74, 6) is -0.0431. The third-order valence-corrected chi connectivity index (χ3v) is 3.74. The number of carbonyl (C=O) groups excluding carboxylic acids is 1. The third-order valence-electron chi connectivity index (χ3n) is 3.74. The number of nitrogens with zero attached hydrogens (tertiary/aromatic N) is 4. The van der Waals surface area contributed by atoms with E-state index in [0.29, 0.717) is 5.56 Å². The molecule has 5 nitrogen and oxygen atoms in total. The van der Waals surface area contributed by atoms with Gasteiger partial charge in [-0.15, -0.1) is 0 Å². The fraction of sp³-hybridized carbons (Fsp3) is 0.643. The van der Waals surface area contributed by atoms with Gasteiger partial charge in [0.05, 0.1) is 17.3 Å². The zero-order valence-corrected chi connectivity index (χ0v) is 11.6. The van der Waals surface area contributed by atoms with Gasteiger partial charge in [-0.25, -0.2) is 0 Å². The van der Waals surface area contributed by atoms with Crippen molar-refractivity contribution in [2.45, 2.75) is 45.1 Å². The van der Waals surface area contributed by atoms with E-state index in [1.54, 1.807) is 15.8 Å². The van der Waals surface area contributed by atoms with Gasteiger partial charge in [0.1, 0.15) is 6.54 Å². The quantitative estimate of drug-likeness (QED) is 0.777. The van der Waals surface area contributed by atoms with Crippen LogP contribution in [0.1, 0.15) is 48.7 Å². The van der Waals surface area contributed by atoms with Gasteiger partial charge in [0.25, 0.3) is 5.91 Å². The minimum atomic E-state index is -0.0431. The van der Waals surface area contributed by atoms with Crippen LogP contribution in [0.4, 0.5) is 0 Å². The van der Waals surface area contributed by atoms with E-state index >= 15 is 0 Å². The summed E-state index contributed by atoms with van der Waals surface area (Å²) in [6.07, 6.45) is 6.80. The number of aryl methyl sites for hydroxylation is 2. The van der Waals surface area contributed by atoms with Crippen molar-refractivity contribution in [2.24, 2.45) is 7.05 Å². The summed E-state index contributed by atoms with van der Waals surface area (Å²) in [6, 6.07) is 2.34. The van der Waals surface area contributed by atoms with Gasteiger partial charge in [-0.2, -0.15) is 10.4 Å². The maximum Gasteiger partial charge on any atom is 0.258 e. The average Bonchev–Trinajstić information content (AvgIpc) is 3.04. The molecule has 1 amide bonds. The van der Waals surface area contributed by atoms with Crippen LogP contribution in [-0.2, 0) is 13.5 Å². The van der Waals surface area contributed by atoms with Gasteiger partial charge in [0, 0.05) is 19.3 Å². The number of nitriles is 1. The molecule has 0 aliphatic heterocycles. The Hall–Kier alpha value is -1.83. The Bertz CT molecular complexity index is 494. The van der Waals surface area contributed by atoms with Crippen LogP contribution in [0.2, 0.25) is 0 Å². The Balaban J connectivity index is 2.25. The van der Waals surface area contributed by atoms with Crippen LogP contribution in [0.5, 0.6) is 0 Å². The van der Waals surface area contributed by atoms with Crippen LogP contribution < -0.4 is 0 Å². The number of amides is 1. The first-order chi connectivity index (χ1) is 9.17. The largest absolute Gasteiger partial charge is 0.322 e. The maximum atomic E-state index is 12.6. The topological polar surface area (TPSA) is 61.9 Å². The van der Waals surface area contributed by atoms with Crippen molar-refractivity contribution in [1.29, 1.82) is 5.26 Å². The molecule has 19 heavy (non-hydrogen) atoms. The fourth-order valence-electron chi connectivity index (χ4n) is 2.79. The van der Waals surface area contributed by atoms with Crippen LogP contribution in [-0.4, -0.2) is 33.2 Å². The summed E-state index contributed by atoms with van der Waals surface area (Å²) in [5, 5.41) is 13.3. The lowest BCUT2D eigenvalue weighted by molar-refractivity contribution is 0.0708. The molecule has 1 heterocycles. The molecule has 1 aliphatic rings. The molecule has 2 rings (SSSR count). The van der Waals surface area contributed by atoms with Crippen molar-refractivity contribution >= 4 is 5.91 Å². The summed E-state index contributed by atoms with van der Waals surface area (Å²) < 4.78 is 1.67. The SMILES string of the molecule is CCc1nn(C)cc1C(=O)N(CC#N)C1CCCC1. The summed E-state index contributed by atoms with van der Waals surface area (Å²) in [5.41, 5.74) is 1.46. The molecule has 0 aromatic carbocycles. The second kappa shape index (κ2) is 5.87. The van der Waals surface area contributed by atoms with E-state index < -0.39 is 0 Å². The predicted octanol–water partition coefficient (Wildman–Crippen LogP) is 1.89. The average molecular weight is 260 g/mol. The number of aromatic nitrogens is 2. The van der Waals surface area contributed by atoms with Gasteiger partial charge in [-0.3, -0.25) is 9.48 Å². The smallest absolute Gasteiger partial charge is 0.258 e. The van der Waals surface area contributed by atoms with Crippen molar-refractivity contribution in [1.82, 2.24) is 14.7 Å². The molecule has 1 fully saturated rings. The fourth-order valence-corrected chi connectivity index (χ4v) is 2.79. The first kappa shape index (κ1) is 13.6. The van der Waals surface area contributed by atoms with Gasteiger partial charge >= 0.3 is 0 Å². The summed E-state index contributed by atoms with van der Waals surface area (Å²) in [4.78, 5) is 14.4. The van der Waals surface area contributed by atoms with Crippen molar-refractivity contribution in [3.05, 3.63) is 17.5 Å². The van der Waals surface area contributed by atoms with Gasteiger partial charge in [-0.1, -0.05) is 19.8 Å².